The van der Waals surface area contributed by atoms with Crippen molar-refractivity contribution in [1.29, 1.82) is 0 Å². The molecule has 3 aromatic carbocycles. The Hall–Kier alpha value is -2.69. The van der Waals surface area contributed by atoms with E-state index in [1.165, 1.54) is 11.3 Å². The van der Waals surface area contributed by atoms with Crippen LogP contribution in [-0.2, 0) is 0 Å². The third kappa shape index (κ3) is 5.56. The van der Waals surface area contributed by atoms with Crippen LogP contribution in [0, 0.1) is 6.92 Å². The molecule has 1 fully saturated rings. The lowest BCUT2D eigenvalue weighted by Gasteiger charge is -2.37. The highest BCUT2D eigenvalue weighted by Crippen LogP contribution is 2.32. The van der Waals surface area contributed by atoms with Crippen LogP contribution in [0.15, 0.2) is 72.8 Å². The Kier molecular flexibility index (Phi) is 7.56. The van der Waals surface area contributed by atoms with Crippen molar-refractivity contribution in [2.24, 2.45) is 0 Å². The summed E-state index contributed by atoms with van der Waals surface area (Å²) >= 11 is 6.42. The highest BCUT2D eigenvalue weighted by molar-refractivity contribution is 6.32. The van der Waals surface area contributed by atoms with Crippen molar-refractivity contribution in [1.82, 2.24) is 4.90 Å². The van der Waals surface area contributed by atoms with E-state index >= 15 is 0 Å². The molecule has 0 aromatic heterocycles. The molecule has 4 rings (SSSR count). The number of benzene rings is 3. The van der Waals surface area contributed by atoms with Crippen LogP contribution >= 0.6 is 11.6 Å². The van der Waals surface area contributed by atoms with E-state index in [-0.39, 0.29) is 6.10 Å². The Morgan fingerprint density at radius 3 is 2.34 bits per heavy atom. The molecule has 168 valence electrons. The van der Waals surface area contributed by atoms with Crippen LogP contribution in [-0.4, -0.2) is 44.7 Å². The number of piperazine rings is 1. The SMILES string of the molecule is COc1ccccc1N1CCN(CCC(Oc2cc(C)ccc2Cl)c2ccccc2)CC1. The minimum atomic E-state index is -0.0391. The van der Waals surface area contributed by atoms with Crippen LogP contribution < -0.4 is 14.4 Å². The van der Waals surface area contributed by atoms with Gasteiger partial charge in [-0.25, -0.2) is 0 Å². The lowest BCUT2D eigenvalue weighted by molar-refractivity contribution is 0.160. The van der Waals surface area contributed by atoms with E-state index in [4.69, 9.17) is 21.1 Å². The third-order valence-electron chi connectivity index (χ3n) is 6.03. The average molecular weight is 451 g/mol. The number of para-hydroxylation sites is 2. The molecule has 1 aliphatic heterocycles. The summed E-state index contributed by atoms with van der Waals surface area (Å²) in [6.45, 7) is 7.04. The molecule has 32 heavy (non-hydrogen) atoms. The van der Waals surface area contributed by atoms with Crippen LogP contribution in [0.1, 0.15) is 23.7 Å². The van der Waals surface area contributed by atoms with Crippen molar-refractivity contribution < 1.29 is 9.47 Å². The Bertz CT molecular complexity index is 1000. The fourth-order valence-electron chi connectivity index (χ4n) is 4.22. The number of rotatable bonds is 8. The number of hydrogen-bond acceptors (Lipinski definition) is 4. The summed E-state index contributed by atoms with van der Waals surface area (Å²) in [6.07, 6.45) is 0.867. The zero-order chi connectivity index (χ0) is 22.3. The Morgan fingerprint density at radius 1 is 0.875 bits per heavy atom. The van der Waals surface area contributed by atoms with Gasteiger partial charge >= 0.3 is 0 Å². The molecule has 3 aromatic rings. The second kappa shape index (κ2) is 10.8. The van der Waals surface area contributed by atoms with Crippen molar-refractivity contribution >= 4 is 17.3 Å². The van der Waals surface area contributed by atoms with Gasteiger partial charge in [0, 0.05) is 39.1 Å². The Balaban J connectivity index is 1.39. The molecule has 1 aliphatic rings. The van der Waals surface area contributed by atoms with Gasteiger partial charge in [0.2, 0.25) is 0 Å². The predicted octanol–water partition coefficient (Wildman–Crippen LogP) is 5.99. The van der Waals surface area contributed by atoms with Gasteiger partial charge in [-0.05, 0) is 42.3 Å². The summed E-state index contributed by atoms with van der Waals surface area (Å²) in [5, 5.41) is 0.655. The number of halogens is 1. The minimum Gasteiger partial charge on any atom is -0.495 e. The smallest absolute Gasteiger partial charge is 0.142 e. The molecule has 0 amide bonds. The van der Waals surface area contributed by atoms with Crippen LogP contribution in [0.4, 0.5) is 5.69 Å². The van der Waals surface area contributed by atoms with Crippen molar-refractivity contribution in [3.05, 3.63) is 88.9 Å². The molecule has 0 N–H and O–H groups in total. The second-order valence-corrected chi connectivity index (χ2v) is 8.65. The zero-order valence-electron chi connectivity index (χ0n) is 18.8. The van der Waals surface area contributed by atoms with E-state index in [0.717, 1.165) is 56.2 Å². The number of nitrogens with zero attached hydrogens (tertiary/aromatic N) is 2. The van der Waals surface area contributed by atoms with Gasteiger partial charge in [0.15, 0.2) is 0 Å². The van der Waals surface area contributed by atoms with Gasteiger partial charge in [-0.2, -0.15) is 0 Å². The number of anilines is 1. The van der Waals surface area contributed by atoms with Crippen molar-refractivity contribution in [2.45, 2.75) is 19.4 Å². The van der Waals surface area contributed by atoms with E-state index < -0.39 is 0 Å². The number of ether oxygens (including phenoxy) is 2. The van der Waals surface area contributed by atoms with Crippen molar-refractivity contribution in [3.63, 3.8) is 0 Å². The first kappa shape index (κ1) is 22.5. The molecule has 4 nitrogen and oxygen atoms in total. The van der Waals surface area contributed by atoms with Gasteiger partial charge in [-0.3, -0.25) is 4.90 Å². The maximum atomic E-state index is 6.44. The first-order valence-corrected chi connectivity index (χ1v) is 11.6. The molecule has 1 heterocycles. The van der Waals surface area contributed by atoms with Gasteiger partial charge in [-0.15, -0.1) is 0 Å². The molecule has 1 atom stereocenters. The van der Waals surface area contributed by atoms with Gasteiger partial charge in [0.05, 0.1) is 17.8 Å². The average Bonchev–Trinajstić information content (AvgIpc) is 2.84. The van der Waals surface area contributed by atoms with E-state index in [2.05, 4.69) is 53.1 Å². The Morgan fingerprint density at radius 2 is 1.59 bits per heavy atom. The van der Waals surface area contributed by atoms with Crippen LogP contribution in [0.2, 0.25) is 5.02 Å². The van der Waals surface area contributed by atoms with Gasteiger partial charge in [0.1, 0.15) is 17.6 Å². The molecule has 1 saturated heterocycles. The quantitative estimate of drug-likeness (QED) is 0.421. The molecule has 5 heteroatoms. The van der Waals surface area contributed by atoms with Gasteiger partial charge in [-0.1, -0.05) is 60.1 Å². The third-order valence-corrected chi connectivity index (χ3v) is 6.35. The maximum Gasteiger partial charge on any atom is 0.142 e. The van der Waals surface area contributed by atoms with E-state index in [1.54, 1.807) is 7.11 Å². The normalized spacial score (nSPS) is 15.4. The monoisotopic (exact) mass is 450 g/mol. The summed E-state index contributed by atoms with van der Waals surface area (Å²) in [4.78, 5) is 4.93. The molecular weight excluding hydrogens is 420 g/mol. The lowest BCUT2D eigenvalue weighted by Crippen LogP contribution is -2.47. The first-order chi connectivity index (χ1) is 15.6. The fourth-order valence-corrected chi connectivity index (χ4v) is 4.38. The fraction of sp³-hybridized carbons (Fsp3) is 0.333. The van der Waals surface area contributed by atoms with Gasteiger partial charge in [0.25, 0.3) is 0 Å². The summed E-state index contributed by atoms with van der Waals surface area (Å²) in [6, 6.07) is 24.6. The highest BCUT2D eigenvalue weighted by Gasteiger charge is 2.22. The molecule has 1 unspecified atom stereocenters. The van der Waals surface area contributed by atoms with Crippen molar-refractivity contribution in [3.8, 4) is 11.5 Å². The molecule has 0 bridgehead atoms. The van der Waals surface area contributed by atoms with Gasteiger partial charge < -0.3 is 14.4 Å². The van der Waals surface area contributed by atoms with Crippen molar-refractivity contribution in [2.75, 3.05) is 44.7 Å². The molecule has 0 radical (unpaired) electrons. The van der Waals surface area contributed by atoms with E-state index in [9.17, 15) is 0 Å². The minimum absolute atomic E-state index is 0.0391. The largest absolute Gasteiger partial charge is 0.495 e. The van der Waals surface area contributed by atoms with Crippen LogP contribution in [0.3, 0.4) is 0 Å². The second-order valence-electron chi connectivity index (χ2n) is 8.24. The molecule has 0 spiro atoms. The number of hydrogen-bond donors (Lipinski definition) is 0. The summed E-state index contributed by atoms with van der Waals surface area (Å²) in [5.74, 6) is 1.69. The first-order valence-electron chi connectivity index (χ1n) is 11.2. The van der Waals surface area contributed by atoms with E-state index in [1.807, 2.05) is 36.4 Å². The van der Waals surface area contributed by atoms with Crippen LogP contribution in [0.25, 0.3) is 0 Å². The molecule has 0 aliphatic carbocycles. The number of aryl methyl sites for hydroxylation is 1. The zero-order valence-corrected chi connectivity index (χ0v) is 19.6. The Labute approximate surface area is 196 Å². The molecular formula is C27H31ClN2O2. The summed E-state index contributed by atoms with van der Waals surface area (Å²) < 4.78 is 12.0. The van der Waals surface area contributed by atoms with E-state index in [0.29, 0.717) is 5.02 Å². The summed E-state index contributed by atoms with van der Waals surface area (Å²) in [5.41, 5.74) is 3.50. The maximum absolute atomic E-state index is 6.44. The standard InChI is InChI=1S/C27H31ClN2O2/c1-21-12-13-23(28)27(20-21)32-25(22-8-4-3-5-9-22)14-15-29-16-18-30(19-17-29)24-10-6-7-11-26(24)31-2/h3-13,20,25H,14-19H2,1-2H3. The lowest BCUT2D eigenvalue weighted by atomic mass is 10.1. The topological polar surface area (TPSA) is 24.9 Å². The predicted molar refractivity (Wildman–Crippen MR) is 132 cm³/mol. The highest BCUT2D eigenvalue weighted by atomic mass is 35.5. The molecule has 0 saturated carbocycles. The summed E-state index contributed by atoms with van der Waals surface area (Å²) in [7, 11) is 1.74. The number of methoxy groups -OCH3 is 1. The van der Waals surface area contributed by atoms with Crippen LogP contribution in [0.5, 0.6) is 11.5 Å².